The van der Waals surface area contributed by atoms with Gasteiger partial charge in [0, 0.05) is 7.11 Å². The second-order valence-electron chi connectivity index (χ2n) is 4.71. The van der Waals surface area contributed by atoms with Crippen LogP contribution in [0.3, 0.4) is 0 Å². The Morgan fingerprint density at radius 2 is 1.86 bits per heavy atom. The average molecular weight is 309 g/mol. The number of carbonyl (C=O) groups is 2. The molecule has 0 radical (unpaired) electrons. The number of esters is 1. The predicted molar refractivity (Wildman–Crippen MR) is 81.4 cm³/mol. The highest BCUT2D eigenvalue weighted by Gasteiger charge is 2.21. The first-order valence-electron chi connectivity index (χ1n) is 7.15. The molecule has 0 saturated heterocycles. The Balaban J connectivity index is 2.43. The number of carbonyl (C=O) groups excluding carboxylic acids is 2. The highest BCUT2D eigenvalue weighted by molar-refractivity contribution is 5.85. The summed E-state index contributed by atoms with van der Waals surface area (Å²) in [7, 11) is 2.86. The molecule has 1 amide bonds. The molecule has 22 heavy (non-hydrogen) atoms. The Bertz CT molecular complexity index is 449. The first kappa shape index (κ1) is 18.1. The Kier molecular flexibility index (Phi) is 8.86. The first-order chi connectivity index (χ1) is 10.7. The molecule has 0 aliphatic rings. The summed E-state index contributed by atoms with van der Waals surface area (Å²) in [5, 5.41) is 2.64. The number of benzene rings is 1. The van der Waals surface area contributed by atoms with Gasteiger partial charge >= 0.3 is 5.97 Å². The van der Waals surface area contributed by atoms with Crippen LogP contribution in [0, 0.1) is 0 Å². The summed E-state index contributed by atoms with van der Waals surface area (Å²) < 4.78 is 14.7. The van der Waals surface area contributed by atoms with Crippen molar-refractivity contribution in [1.82, 2.24) is 5.32 Å². The maximum Gasteiger partial charge on any atom is 0.328 e. The van der Waals surface area contributed by atoms with Crippen molar-refractivity contribution >= 4 is 11.9 Å². The minimum absolute atomic E-state index is 0.109. The minimum atomic E-state index is -0.677. The van der Waals surface area contributed by atoms with Crippen LogP contribution in [-0.4, -0.2) is 52.0 Å². The van der Waals surface area contributed by atoms with Crippen molar-refractivity contribution < 1.29 is 23.8 Å². The Hall–Kier alpha value is -1.92. The fourth-order valence-electron chi connectivity index (χ4n) is 1.89. The molecular formula is C16H23NO5. The van der Waals surface area contributed by atoms with Gasteiger partial charge in [0.1, 0.15) is 12.6 Å². The third kappa shape index (κ3) is 7.19. The molecule has 122 valence electrons. The van der Waals surface area contributed by atoms with Crippen molar-refractivity contribution in [3.05, 3.63) is 35.9 Å². The van der Waals surface area contributed by atoms with E-state index in [1.807, 2.05) is 30.3 Å². The van der Waals surface area contributed by atoms with Gasteiger partial charge in [-0.25, -0.2) is 4.79 Å². The largest absolute Gasteiger partial charge is 0.467 e. The lowest BCUT2D eigenvalue weighted by Crippen LogP contribution is -2.43. The molecule has 0 unspecified atom stereocenters. The molecule has 6 nitrogen and oxygen atoms in total. The molecule has 1 rings (SSSR count). The third-order valence-electron chi connectivity index (χ3n) is 3.05. The number of aryl methyl sites for hydroxylation is 1. The van der Waals surface area contributed by atoms with Crippen LogP contribution < -0.4 is 5.32 Å². The van der Waals surface area contributed by atoms with E-state index in [0.29, 0.717) is 26.1 Å². The number of rotatable bonds is 10. The van der Waals surface area contributed by atoms with Crippen molar-refractivity contribution in [3.8, 4) is 0 Å². The molecule has 0 aromatic heterocycles. The quantitative estimate of drug-likeness (QED) is 0.514. The Morgan fingerprint density at radius 1 is 1.14 bits per heavy atom. The van der Waals surface area contributed by atoms with Gasteiger partial charge in [-0.15, -0.1) is 0 Å². The molecule has 0 fully saturated rings. The van der Waals surface area contributed by atoms with E-state index >= 15 is 0 Å². The van der Waals surface area contributed by atoms with Gasteiger partial charge in [0.05, 0.1) is 20.3 Å². The zero-order valence-corrected chi connectivity index (χ0v) is 13.0. The van der Waals surface area contributed by atoms with E-state index in [0.717, 1.165) is 5.56 Å². The number of methoxy groups -OCH3 is 2. The number of amides is 1. The van der Waals surface area contributed by atoms with E-state index in [1.165, 1.54) is 7.11 Å². The summed E-state index contributed by atoms with van der Waals surface area (Å²) in [5.41, 5.74) is 1.10. The summed E-state index contributed by atoms with van der Waals surface area (Å²) in [6.07, 6.45) is 1.14. The van der Waals surface area contributed by atoms with Crippen LogP contribution in [0.5, 0.6) is 0 Å². The summed E-state index contributed by atoms with van der Waals surface area (Å²) in [5.74, 6) is -0.805. The summed E-state index contributed by atoms with van der Waals surface area (Å²) in [6, 6.07) is 9.08. The number of hydrogen-bond donors (Lipinski definition) is 1. The van der Waals surface area contributed by atoms with Crippen LogP contribution in [0.1, 0.15) is 12.0 Å². The van der Waals surface area contributed by atoms with E-state index in [2.05, 4.69) is 5.32 Å². The molecular weight excluding hydrogens is 286 g/mol. The van der Waals surface area contributed by atoms with E-state index in [9.17, 15) is 9.59 Å². The van der Waals surface area contributed by atoms with Gasteiger partial charge in [-0.1, -0.05) is 30.3 Å². The van der Waals surface area contributed by atoms with Crippen molar-refractivity contribution in [2.45, 2.75) is 18.9 Å². The molecule has 0 aliphatic carbocycles. The maximum absolute atomic E-state index is 11.8. The molecule has 0 bridgehead atoms. The zero-order chi connectivity index (χ0) is 16.2. The van der Waals surface area contributed by atoms with Crippen LogP contribution in [-0.2, 0) is 30.2 Å². The van der Waals surface area contributed by atoms with Gasteiger partial charge in [0.25, 0.3) is 0 Å². The van der Waals surface area contributed by atoms with E-state index in [-0.39, 0.29) is 12.5 Å². The van der Waals surface area contributed by atoms with Gasteiger partial charge in [-0.05, 0) is 18.4 Å². The maximum atomic E-state index is 11.8. The normalized spacial score (nSPS) is 11.7. The van der Waals surface area contributed by atoms with Gasteiger partial charge in [0.15, 0.2) is 0 Å². The molecule has 0 aliphatic heterocycles. The molecule has 1 N–H and O–H groups in total. The molecule has 6 heteroatoms. The SMILES string of the molecule is COCCOCC(=O)N[C@@H](CCc1ccccc1)C(=O)OC. The lowest BCUT2D eigenvalue weighted by atomic mass is 10.1. The molecule has 1 aromatic carbocycles. The average Bonchev–Trinajstić information content (AvgIpc) is 2.55. The Labute approximate surface area is 130 Å². The molecule has 1 atom stereocenters. The van der Waals surface area contributed by atoms with Gasteiger partial charge in [-0.2, -0.15) is 0 Å². The van der Waals surface area contributed by atoms with Crippen LogP contribution >= 0.6 is 0 Å². The zero-order valence-electron chi connectivity index (χ0n) is 13.0. The second-order valence-corrected chi connectivity index (χ2v) is 4.71. The van der Waals surface area contributed by atoms with Crippen LogP contribution in [0.4, 0.5) is 0 Å². The van der Waals surface area contributed by atoms with Crippen LogP contribution in [0.15, 0.2) is 30.3 Å². The van der Waals surface area contributed by atoms with Gasteiger partial charge in [0.2, 0.25) is 5.91 Å². The second kappa shape index (κ2) is 10.8. The highest BCUT2D eigenvalue weighted by atomic mass is 16.5. The van der Waals surface area contributed by atoms with Crippen molar-refractivity contribution in [2.75, 3.05) is 34.0 Å². The van der Waals surface area contributed by atoms with E-state index < -0.39 is 12.0 Å². The number of ether oxygens (including phenoxy) is 3. The van der Waals surface area contributed by atoms with E-state index in [1.54, 1.807) is 7.11 Å². The van der Waals surface area contributed by atoms with Crippen molar-refractivity contribution in [3.63, 3.8) is 0 Å². The predicted octanol–water partition coefficient (Wildman–Crippen LogP) is 0.940. The summed E-state index contributed by atoms with van der Waals surface area (Å²) in [6.45, 7) is 0.640. The van der Waals surface area contributed by atoms with Crippen molar-refractivity contribution in [2.24, 2.45) is 0 Å². The molecule has 0 saturated carbocycles. The standard InChI is InChI=1S/C16H23NO5/c1-20-10-11-22-12-15(18)17-14(16(19)21-2)9-8-13-6-4-3-5-7-13/h3-7,14H,8-12H2,1-2H3,(H,17,18)/t14-/m0/s1. The van der Waals surface area contributed by atoms with E-state index in [4.69, 9.17) is 14.2 Å². The van der Waals surface area contributed by atoms with Gasteiger partial charge < -0.3 is 19.5 Å². The molecule has 1 aromatic rings. The smallest absolute Gasteiger partial charge is 0.328 e. The monoisotopic (exact) mass is 309 g/mol. The van der Waals surface area contributed by atoms with Gasteiger partial charge in [-0.3, -0.25) is 4.79 Å². The molecule has 0 spiro atoms. The number of hydrogen-bond acceptors (Lipinski definition) is 5. The molecule has 0 heterocycles. The van der Waals surface area contributed by atoms with Crippen LogP contribution in [0.2, 0.25) is 0 Å². The lowest BCUT2D eigenvalue weighted by molar-refractivity contribution is -0.145. The fraction of sp³-hybridized carbons (Fsp3) is 0.500. The first-order valence-corrected chi connectivity index (χ1v) is 7.15. The van der Waals surface area contributed by atoms with Crippen molar-refractivity contribution in [1.29, 1.82) is 0 Å². The lowest BCUT2D eigenvalue weighted by Gasteiger charge is -2.16. The van der Waals surface area contributed by atoms with Crippen LogP contribution in [0.25, 0.3) is 0 Å². The summed E-state index contributed by atoms with van der Waals surface area (Å²) >= 11 is 0. The highest BCUT2D eigenvalue weighted by Crippen LogP contribution is 2.06. The topological polar surface area (TPSA) is 73.9 Å². The fourth-order valence-corrected chi connectivity index (χ4v) is 1.89. The Morgan fingerprint density at radius 3 is 2.50 bits per heavy atom. The third-order valence-corrected chi connectivity index (χ3v) is 3.05. The summed E-state index contributed by atoms with van der Waals surface area (Å²) in [4.78, 5) is 23.5. The minimum Gasteiger partial charge on any atom is -0.467 e. The number of nitrogens with one attached hydrogen (secondary N) is 1.